The van der Waals surface area contributed by atoms with Crippen LogP contribution >= 0.6 is 0 Å². The molecule has 1 heterocycles. The molecule has 2 N–H and O–H groups in total. The fourth-order valence-electron chi connectivity index (χ4n) is 1.94. The van der Waals surface area contributed by atoms with Gasteiger partial charge in [-0.3, -0.25) is 0 Å². The Balaban J connectivity index is 2.83. The topological polar surface area (TPSA) is 60.2 Å². The lowest BCUT2D eigenvalue weighted by Gasteiger charge is -2.28. The first kappa shape index (κ1) is 10.9. The molecule has 13 heavy (non-hydrogen) atoms. The molecule has 0 aromatic heterocycles. The van der Waals surface area contributed by atoms with Crippen LogP contribution in [0.25, 0.3) is 0 Å². The first-order valence-corrected chi connectivity index (χ1v) is 6.29. The highest BCUT2D eigenvalue weighted by atomic mass is 32.2. The van der Waals surface area contributed by atoms with Crippen LogP contribution in [0.2, 0.25) is 0 Å². The number of rotatable bonds is 3. The summed E-state index contributed by atoms with van der Waals surface area (Å²) in [6.45, 7) is 1.78. The van der Waals surface area contributed by atoms with Crippen molar-refractivity contribution in [1.29, 1.82) is 0 Å². The third-order valence-electron chi connectivity index (χ3n) is 2.90. The van der Waals surface area contributed by atoms with Crippen LogP contribution in [0.4, 0.5) is 4.39 Å². The fourth-order valence-corrected chi connectivity index (χ4v) is 4.19. The number of alkyl halides is 1. The Morgan fingerprint density at radius 2 is 2.23 bits per heavy atom. The molecule has 0 aliphatic carbocycles. The Labute approximate surface area is 78.4 Å². The average Bonchev–Trinajstić information content (AvgIpc) is 2.28. The van der Waals surface area contributed by atoms with E-state index in [4.69, 9.17) is 5.73 Å². The molecule has 1 saturated heterocycles. The van der Waals surface area contributed by atoms with E-state index in [0.717, 1.165) is 0 Å². The standard InChI is InChI=1S/C8H16FNO2S/c1-7(9)8(2-4-10)3-5-13(11,12)6-8/h7H,2-6,10H2,1H3. The van der Waals surface area contributed by atoms with E-state index in [1.54, 1.807) is 0 Å². The minimum Gasteiger partial charge on any atom is -0.330 e. The normalized spacial score (nSPS) is 34.7. The first-order valence-electron chi connectivity index (χ1n) is 4.46. The number of hydrogen-bond acceptors (Lipinski definition) is 3. The summed E-state index contributed by atoms with van der Waals surface area (Å²) in [5.41, 5.74) is 4.66. The number of halogens is 1. The fraction of sp³-hybridized carbons (Fsp3) is 1.00. The maximum Gasteiger partial charge on any atom is 0.150 e. The minimum absolute atomic E-state index is 0.0329. The van der Waals surface area contributed by atoms with E-state index < -0.39 is 21.4 Å². The van der Waals surface area contributed by atoms with Crippen LogP contribution < -0.4 is 5.73 Å². The third-order valence-corrected chi connectivity index (χ3v) is 4.75. The molecule has 0 aromatic rings. The van der Waals surface area contributed by atoms with Crippen molar-refractivity contribution in [2.45, 2.75) is 25.9 Å². The lowest BCUT2D eigenvalue weighted by molar-refractivity contribution is 0.138. The Kier molecular flexibility index (Phi) is 2.97. The van der Waals surface area contributed by atoms with Gasteiger partial charge in [-0.15, -0.1) is 0 Å². The highest BCUT2D eigenvalue weighted by Gasteiger charge is 2.45. The van der Waals surface area contributed by atoms with Crippen LogP contribution in [0.3, 0.4) is 0 Å². The average molecular weight is 209 g/mol. The monoisotopic (exact) mass is 209 g/mol. The molecule has 0 aromatic carbocycles. The van der Waals surface area contributed by atoms with Crippen molar-refractivity contribution in [3.8, 4) is 0 Å². The van der Waals surface area contributed by atoms with Crippen molar-refractivity contribution in [2.24, 2.45) is 11.1 Å². The molecule has 0 radical (unpaired) electrons. The smallest absolute Gasteiger partial charge is 0.150 e. The van der Waals surface area contributed by atoms with Gasteiger partial charge in [-0.25, -0.2) is 12.8 Å². The molecule has 2 unspecified atom stereocenters. The van der Waals surface area contributed by atoms with Gasteiger partial charge in [0.2, 0.25) is 0 Å². The van der Waals surface area contributed by atoms with Crippen LogP contribution in [-0.4, -0.2) is 32.6 Å². The van der Waals surface area contributed by atoms with E-state index >= 15 is 0 Å². The van der Waals surface area contributed by atoms with Gasteiger partial charge in [-0.2, -0.15) is 0 Å². The largest absolute Gasteiger partial charge is 0.330 e. The molecule has 1 fully saturated rings. The molecule has 2 atom stereocenters. The lowest BCUT2D eigenvalue weighted by Crippen LogP contribution is -2.34. The molecule has 3 nitrogen and oxygen atoms in total. The summed E-state index contributed by atoms with van der Waals surface area (Å²) < 4.78 is 35.7. The zero-order valence-corrected chi connectivity index (χ0v) is 8.61. The number of sulfone groups is 1. The molecule has 0 spiro atoms. The minimum atomic E-state index is -3.02. The SMILES string of the molecule is CC(F)C1(CCN)CCS(=O)(=O)C1. The van der Waals surface area contributed by atoms with Gasteiger partial charge in [0.05, 0.1) is 11.5 Å². The van der Waals surface area contributed by atoms with Gasteiger partial charge < -0.3 is 5.73 Å². The summed E-state index contributed by atoms with van der Waals surface area (Å²) >= 11 is 0. The first-order chi connectivity index (χ1) is 5.92. The second kappa shape index (κ2) is 3.53. The van der Waals surface area contributed by atoms with E-state index in [-0.39, 0.29) is 11.5 Å². The summed E-state index contributed by atoms with van der Waals surface area (Å²) in [4.78, 5) is 0. The summed E-state index contributed by atoms with van der Waals surface area (Å²) in [7, 11) is -3.02. The predicted octanol–water partition coefficient (Wildman–Crippen LogP) is 0.498. The van der Waals surface area contributed by atoms with Crippen LogP contribution in [0, 0.1) is 5.41 Å². The quantitative estimate of drug-likeness (QED) is 0.736. The molecule has 0 amide bonds. The van der Waals surface area contributed by atoms with Gasteiger partial charge in [0.1, 0.15) is 6.17 Å². The lowest BCUT2D eigenvalue weighted by atomic mass is 9.80. The zero-order valence-electron chi connectivity index (χ0n) is 7.79. The zero-order chi connectivity index (χ0) is 10.1. The van der Waals surface area contributed by atoms with Crippen molar-refractivity contribution >= 4 is 9.84 Å². The van der Waals surface area contributed by atoms with E-state index in [0.29, 0.717) is 19.4 Å². The van der Waals surface area contributed by atoms with Gasteiger partial charge >= 0.3 is 0 Å². The summed E-state index contributed by atoms with van der Waals surface area (Å²) in [5, 5.41) is 0. The van der Waals surface area contributed by atoms with E-state index in [1.165, 1.54) is 6.92 Å². The Hall–Kier alpha value is -0.160. The van der Waals surface area contributed by atoms with Gasteiger partial charge in [0.25, 0.3) is 0 Å². The maximum absolute atomic E-state index is 13.3. The Bertz CT molecular complexity index is 276. The van der Waals surface area contributed by atoms with E-state index in [2.05, 4.69) is 0 Å². The molecule has 0 saturated carbocycles. The summed E-state index contributed by atoms with van der Waals surface area (Å²) in [6.07, 6.45) is -0.206. The molecule has 1 aliphatic heterocycles. The summed E-state index contributed by atoms with van der Waals surface area (Å²) in [6, 6.07) is 0. The van der Waals surface area contributed by atoms with Gasteiger partial charge in [0.15, 0.2) is 9.84 Å². The molecule has 0 bridgehead atoms. The number of nitrogens with two attached hydrogens (primary N) is 1. The van der Waals surface area contributed by atoms with Gasteiger partial charge in [0, 0.05) is 5.41 Å². The second-order valence-corrected chi connectivity index (χ2v) is 6.04. The molecular weight excluding hydrogens is 193 g/mol. The highest BCUT2D eigenvalue weighted by molar-refractivity contribution is 7.91. The number of hydrogen-bond donors (Lipinski definition) is 1. The van der Waals surface area contributed by atoms with Crippen molar-refractivity contribution in [2.75, 3.05) is 18.1 Å². The van der Waals surface area contributed by atoms with Crippen molar-refractivity contribution < 1.29 is 12.8 Å². The van der Waals surface area contributed by atoms with E-state index in [1.807, 2.05) is 0 Å². The molecular formula is C8H16FNO2S. The second-order valence-electron chi connectivity index (χ2n) is 3.86. The molecule has 1 aliphatic rings. The van der Waals surface area contributed by atoms with Crippen molar-refractivity contribution in [3.05, 3.63) is 0 Å². The van der Waals surface area contributed by atoms with Gasteiger partial charge in [-0.05, 0) is 26.3 Å². The molecule has 1 rings (SSSR count). The van der Waals surface area contributed by atoms with Gasteiger partial charge in [-0.1, -0.05) is 0 Å². The van der Waals surface area contributed by atoms with Crippen LogP contribution in [0.15, 0.2) is 0 Å². The predicted molar refractivity (Wildman–Crippen MR) is 49.9 cm³/mol. The van der Waals surface area contributed by atoms with E-state index in [9.17, 15) is 12.8 Å². The summed E-state index contributed by atoms with van der Waals surface area (Å²) in [5.74, 6) is 0.0795. The highest BCUT2D eigenvalue weighted by Crippen LogP contribution is 2.39. The van der Waals surface area contributed by atoms with Crippen molar-refractivity contribution in [3.63, 3.8) is 0 Å². The van der Waals surface area contributed by atoms with Crippen LogP contribution in [0.5, 0.6) is 0 Å². The third kappa shape index (κ3) is 2.20. The Morgan fingerprint density at radius 3 is 2.54 bits per heavy atom. The van der Waals surface area contributed by atoms with Crippen LogP contribution in [-0.2, 0) is 9.84 Å². The van der Waals surface area contributed by atoms with Crippen molar-refractivity contribution in [1.82, 2.24) is 0 Å². The Morgan fingerprint density at radius 1 is 1.62 bits per heavy atom. The maximum atomic E-state index is 13.3. The molecule has 5 heteroatoms. The molecule has 78 valence electrons. The van der Waals surface area contributed by atoms with Crippen LogP contribution in [0.1, 0.15) is 19.8 Å².